The first-order valence-corrected chi connectivity index (χ1v) is 13.0. The van der Waals surface area contributed by atoms with Crippen LogP contribution in [-0.2, 0) is 4.79 Å². The zero-order valence-electron chi connectivity index (χ0n) is 20.9. The summed E-state index contributed by atoms with van der Waals surface area (Å²) >= 11 is 0. The third-order valence-corrected chi connectivity index (χ3v) is 10.8. The standard InChI is InChI=1S/C29H46O/c1-19(2)9-8-10-20(3)22-14-17-29(7)24-11-12-25-26(30)21(4)13-16-27(25,5)23(24)15-18-28(22,29)6/h13,19-20,22,25H,8-12,14-18H2,1-7H3/t20-,22-,25-,27-,28-,29+/m1/s1. The first kappa shape index (κ1) is 22.3. The Kier molecular flexibility index (Phi) is 5.68. The van der Waals surface area contributed by atoms with Gasteiger partial charge in [-0.1, -0.05) is 78.0 Å². The highest BCUT2D eigenvalue weighted by atomic mass is 16.1. The molecule has 168 valence electrons. The van der Waals surface area contributed by atoms with Crippen LogP contribution in [0.4, 0.5) is 0 Å². The minimum absolute atomic E-state index is 0.0927. The van der Waals surface area contributed by atoms with Gasteiger partial charge in [-0.25, -0.2) is 0 Å². The summed E-state index contributed by atoms with van der Waals surface area (Å²) in [7, 11) is 0. The lowest BCUT2D eigenvalue weighted by molar-refractivity contribution is -0.124. The molecule has 0 heterocycles. The van der Waals surface area contributed by atoms with Crippen molar-refractivity contribution in [3.63, 3.8) is 0 Å². The SMILES string of the molecule is CC1=CC[C@]2(C)C3=C(CC[C@@H]2C1=O)[C@]1(C)CC[C@H]([C@H](C)CCCC(C)C)[C@@]1(C)CC3. The molecule has 0 N–H and O–H groups in total. The average Bonchev–Trinajstić information content (AvgIpc) is 2.96. The van der Waals surface area contributed by atoms with Gasteiger partial charge in [0.15, 0.2) is 5.78 Å². The second-order valence-electron chi connectivity index (χ2n) is 12.6. The fraction of sp³-hybridized carbons (Fsp3) is 0.828. The molecule has 0 aliphatic heterocycles. The van der Waals surface area contributed by atoms with Gasteiger partial charge in [0.2, 0.25) is 0 Å². The van der Waals surface area contributed by atoms with Crippen LogP contribution < -0.4 is 0 Å². The van der Waals surface area contributed by atoms with Crippen LogP contribution in [0.3, 0.4) is 0 Å². The van der Waals surface area contributed by atoms with E-state index in [0.717, 1.165) is 36.2 Å². The molecule has 0 amide bonds. The summed E-state index contributed by atoms with van der Waals surface area (Å²) in [6.45, 7) is 17.0. The summed E-state index contributed by atoms with van der Waals surface area (Å²) in [5, 5.41) is 0. The molecular formula is C29H46O. The first-order valence-electron chi connectivity index (χ1n) is 13.0. The van der Waals surface area contributed by atoms with Gasteiger partial charge in [-0.05, 0) is 86.0 Å². The Morgan fingerprint density at radius 3 is 2.43 bits per heavy atom. The molecule has 0 aromatic rings. The molecule has 4 aliphatic rings. The molecule has 0 radical (unpaired) electrons. The molecule has 0 saturated heterocycles. The van der Waals surface area contributed by atoms with Crippen LogP contribution in [0.2, 0.25) is 0 Å². The van der Waals surface area contributed by atoms with Gasteiger partial charge in [-0.15, -0.1) is 0 Å². The second-order valence-corrected chi connectivity index (χ2v) is 12.6. The van der Waals surface area contributed by atoms with Crippen LogP contribution in [0, 0.1) is 39.9 Å². The Balaban J connectivity index is 1.63. The number of carbonyl (C=O) groups excluding carboxylic acids is 1. The van der Waals surface area contributed by atoms with E-state index in [1.807, 2.05) is 6.92 Å². The number of Topliss-reactive ketones (excluding diaryl/α,β-unsaturated/α-hetero) is 1. The molecule has 0 aromatic carbocycles. The molecule has 0 unspecified atom stereocenters. The van der Waals surface area contributed by atoms with Gasteiger partial charge in [0.25, 0.3) is 0 Å². The van der Waals surface area contributed by atoms with E-state index in [1.165, 1.54) is 51.4 Å². The lowest BCUT2D eigenvalue weighted by atomic mass is 9.46. The fourth-order valence-corrected chi connectivity index (χ4v) is 8.55. The first-order chi connectivity index (χ1) is 14.0. The lowest BCUT2D eigenvalue weighted by Gasteiger charge is -2.57. The molecule has 0 aromatic heterocycles. The summed E-state index contributed by atoms with van der Waals surface area (Å²) in [4.78, 5) is 13.0. The number of rotatable bonds is 5. The largest absolute Gasteiger partial charge is 0.294 e. The minimum Gasteiger partial charge on any atom is -0.294 e. The summed E-state index contributed by atoms with van der Waals surface area (Å²) in [6.07, 6.45) is 15.1. The van der Waals surface area contributed by atoms with Crippen LogP contribution in [0.25, 0.3) is 0 Å². The number of ketones is 1. The Morgan fingerprint density at radius 2 is 1.73 bits per heavy atom. The summed E-state index contributed by atoms with van der Waals surface area (Å²) < 4.78 is 0. The maximum absolute atomic E-state index is 13.0. The molecule has 0 bridgehead atoms. The van der Waals surface area contributed by atoms with Crippen molar-refractivity contribution in [3.8, 4) is 0 Å². The van der Waals surface area contributed by atoms with Crippen LogP contribution in [0.15, 0.2) is 22.8 Å². The van der Waals surface area contributed by atoms with Crippen molar-refractivity contribution < 1.29 is 4.79 Å². The van der Waals surface area contributed by atoms with E-state index in [4.69, 9.17) is 0 Å². The van der Waals surface area contributed by atoms with Crippen molar-refractivity contribution in [2.45, 2.75) is 113 Å². The topological polar surface area (TPSA) is 17.1 Å². The lowest BCUT2D eigenvalue weighted by Crippen LogP contribution is -2.49. The monoisotopic (exact) mass is 410 g/mol. The predicted octanol–water partition coefficient (Wildman–Crippen LogP) is 8.30. The molecule has 1 fully saturated rings. The Morgan fingerprint density at radius 1 is 1.00 bits per heavy atom. The number of carbonyl (C=O) groups is 1. The van der Waals surface area contributed by atoms with E-state index < -0.39 is 0 Å². The maximum Gasteiger partial charge on any atom is 0.162 e. The number of fused-ring (bicyclic) bond motifs is 4. The highest BCUT2D eigenvalue weighted by molar-refractivity contribution is 5.98. The zero-order chi connectivity index (χ0) is 21.9. The van der Waals surface area contributed by atoms with Crippen LogP contribution in [-0.4, -0.2) is 5.78 Å². The fourth-order valence-electron chi connectivity index (χ4n) is 8.55. The number of hydrogen-bond acceptors (Lipinski definition) is 1. The van der Waals surface area contributed by atoms with E-state index in [1.54, 1.807) is 11.1 Å². The molecule has 6 atom stereocenters. The van der Waals surface area contributed by atoms with E-state index >= 15 is 0 Å². The predicted molar refractivity (Wildman–Crippen MR) is 127 cm³/mol. The second kappa shape index (κ2) is 7.63. The van der Waals surface area contributed by atoms with Crippen molar-refractivity contribution in [1.82, 2.24) is 0 Å². The summed E-state index contributed by atoms with van der Waals surface area (Å²) in [5.74, 6) is 3.21. The van der Waals surface area contributed by atoms with Crippen molar-refractivity contribution in [3.05, 3.63) is 22.8 Å². The molecule has 4 aliphatic carbocycles. The van der Waals surface area contributed by atoms with Gasteiger partial charge < -0.3 is 0 Å². The Hall–Kier alpha value is -0.850. The quantitative estimate of drug-likeness (QED) is 0.416. The average molecular weight is 411 g/mol. The van der Waals surface area contributed by atoms with E-state index in [2.05, 4.69) is 47.6 Å². The van der Waals surface area contributed by atoms with Gasteiger partial charge in [0.05, 0.1) is 0 Å². The van der Waals surface area contributed by atoms with Gasteiger partial charge in [-0.2, -0.15) is 0 Å². The van der Waals surface area contributed by atoms with Crippen LogP contribution >= 0.6 is 0 Å². The van der Waals surface area contributed by atoms with Gasteiger partial charge >= 0.3 is 0 Å². The van der Waals surface area contributed by atoms with Crippen LogP contribution in [0.1, 0.15) is 113 Å². The maximum atomic E-state index is 13.0. The summed E-state index contributed by atoms with van der Waals surface area (Å²) in [5.41, 5.74) is 5.41. The normalized spacial score (nSPS) is 42.0. The molecule has 0 spiro atoms. The van der Waals surface area contributed by atoms with E-state index in [-0.39, 0.29) is 11.3 Å². The Labute approximate surface area is 186 Å². The van der Waals surface area contributed by atoms with E-state index in [0.29, 0.717) is 16.6 Å². The molecular weight excluding hydrogens is 364 g/mol. The van der Waals surface area contributed by atoms with Gasteiger partial charge in [0, 0.05) is 11.3 Å². The smallest absolute Gasteiger partial charge is 0.162 e. The molecule has 1 saturated carbocycles. The van der Waals surface area contributed by atoms with Crippen molar-refractivity contribution in [1.29, 1.82) is 0 Å². The number of allylic oxidation sites excluding steroid dienone is 4. The highest BCUT2D eigenvalue weighted by Gasteiger charge is 2.61. The Bertz CT molecular complexity index is 769. The van der Waals surface area contributed by atoms with Gasteiger partial charge in [0.1, 0.15) is 0 Å². The van der Waals surface area contributed by atoms with Crippen molar-refractivity contribution >= 4 is 5.78 Å². The van der Waals surface area contributed by atoms with Crippen molar-refractivity contribution in [2.24, 2.45) is 39.9 Å². The molecule has 1 heteroatoms. The highest BCUT2D eigenvalue weighted by Crippen LogP contribution is 2.71. The van der Waals surface area contributed by atoms with E-state index in [9.17, 15) is 4.79 Å². The molecule has 30 heavy (non-hydrogen) atoms. The zero-order valence-corrected chi connectivity index (χ0v) is 20.9. The minimum atomic E-state index is 0.0927. The third-order valence-electron chi connectivity index (χ3n) is 10.8. The third kappa shape index (κ3) is 3.12. The van der Waals surface area contributed by atoms with Crippen LogP contribution in [0.5, 0.6) is 0 Å². The summed E-state index contributed by atoms with van der Waals surface area (Å²) in [6, 6.07) is 0. The van der Waals surface area contributed by atoms with Crippen molar-refractivity contribution in [2.75, 3.05) is 0 Å². The number of hydrogen-bond donors (Lipinski definition) is 0. The molecule has 1 nitrogen and oxygen atoms in total. The molecule has 4 rings (SSSR count). The van der Waals surface area contributed by atoms with Gasteiger partial charge in [-0.3, -0.25) is 4.79 Å².